The standard InChI is InChI=1S/C12H13F2N3O4/c13-6-1-2-7(14)9(5-6)17-12(21)16-8(11(19)20)3-4-10(15)18/h1-2,5,8H,3-4H2,(H2,15,18)(H,19,20)(H2,16,17,21)/t8-/m0/s1. The summed E-state index contributed by atoms with van der Waals surface area (Å²) in [6.07, 6.45) is -0.463. The lowest BCUT2D eigenvalue weighted by atomic mass is 10.1. The number of carbonyl (C=O) groups excluding carboxylic acids is 2. The fraction of sp³-hybridized carbons (Fsp3) is 0.250. The Morgan fingerprint density at radius 2 is 1.95 bits per heavy atom. The van der Waals surface area contributed by atoms with E-state index in [1.807, 2.05) is 10.6 Å². The van der Waals surface area contributed by atoms with Crippen molar-refractivity contribution in [3.63, 3.8) is 0 Å². The van der Waals surface area contributed by atoms with Crippen molar-refractivity contribution in [2.24, 2.45) is 5.73 Å². The molecule has 5 N–H and O–H groups in total. The Kier molecular flexibility index (Phi) is 5.58. The largest absolute Gasteiger partial charge is 0.480 e. The van der Waals surface area contributed by atoms with Gasteiger partial charge in [0.05, 0.1) is 5.69 Å². The van der Waals surface area contributed by atoms with Crippen molar-refractivity contribution < 1.29 is 28.3 Å². The molecule has 0 aliphatic heterocycles. The first kappa shape index (κ1) is 16.3. The van der Waals surface area contributed by atoms with E-state index in [0.717, 1.165) is 18.2 Å². The van der Waals surface area contributed by atoms with Gasteiger partial charge in [0.25, 0.3) is 0 Å². The van der Waals surface area contributed by atoms with Gasteiger partial charge >= 0.3 is 12.0 Å². The monoisotopic (exact) mass is 301 g/mol. The van der Waals surface area contributed by atoms with Gasteiger partial charge in [0, 0.05) is 12.5 Å². The number of hydrogen-bond donors (Lipinski definition) is 4. The van der Waals surface area contributed by atoms with Crippen LogP contribution in [0, 0.1) is 11.6 Å². The second kappa shape index (κ2) is 7.17. The molecular formula is C12H13F2N3O4. The number of amides is 3. The fourth-order valence-electron chi connectivity index (χ4n) is 1.45. The van der Waals surface area contributed by atoms with Crippen molar-refractivity contribution in [1.29, 1.82) is 0 Å². The first-order chi connectivity index (χ1) is 9.79. The summed E-state index contributed by atoms with van der Waals surface area (Å²) in [4.78, 5) is 33.0. The summed E-state index contributed by atoms with van der Waals surface area (Å²) in [5.74, 6) is -3.75. The minimum absolute atomic E-state index is 0.219. The number of benzene rings is 1. The van der Waals surface area contributed by atoms with Gasteiger partial charge in [0.2, 0.25) is 5.91 Å². The van der Waals surface area contributed by atoms with Crippen LogP contribution in [0.15, 0.2) is 18.2 Å². The third kappa shape index (κ3) is 5.43. The van der Waals surface area contributed by atoms with E-state index in [4.69, 9.17) is 10.8 Å². The van der Waals surface area contributed by atoms with Crippen molar-refractivity contribution in [2.45, 2.75) is 18.9 Å². The van der Waals surface area contributed by atoms with Crippen LogP contribution in [0.3, 0.4) is 0 Å². The van der Waals surface area contributed by atoms with Gasteiger partial charge in [-0.25, -0.2) is 18.4 Å². The molecule has 0 aliphatic carbocycles. The maximum atomic E-state index is 13.3. The molecule has 1 rings (SSSR count). The minimum atomic E-state index is -1.38. The van der Waals surface area contributed by atoms with Gasteiger partial charge in [0.15, 0.2) is 0 Å². The molecule has 1 aromatic rings. The van der Waals surface area contributed by atoms with Gasteiger partial charge in [-0.3, -0.25) is 4.79 Å². The Labute approximate surface area is 118 Å². The molecule has 0 radical (unpaired) electrons. The zero-order valence-corrected chi connectivity index (χ0v) is 10.7. The SMILES string of the molecule is NC(=O)CC[C@H](NC(=O)Nc1cc(F)ccc1F)C(=O)O. The highest BCUT2D eigenvalue weighted by molar-refractivity contribution is 5.92. The Hall–Kier alpha value is -2.71. The third-order valence-corrected chi connectivity index (χ3v) is 2.46. The number of halogens is 2. The van der Waals surface area contributed by atoms with E-state index in [1.165, 1.54) is 0 Å². The number of hydrogen-bond acceptors (Lipinski definition) is 3. The van der Waals surface area contributed by atoms with Crippen LogP contribution in [0.5, 0.6) is 0 Å². The molecule has 0 saturated heterocycles. The molecule has 0 fully saturated rings. The lowest BCUT2D eigenvalue weighted by Crippen LogP contribution is -2.43. The Balaban J connectivity index is 2.67. The molecule has 114 valence electrons. The highest BCUT2D eigenvalue weighted by atomic mass is 19.1. The first-order valence-corrected chi connectivity index (χ1v) is 5.83. The number of aliphatic carboxylic acids is 1. The molecule has 0 saturated carbocycles. The summed E-state index contributed by atoms with van der Waals surface area (Å²) in [6.45, 7) is 0. The summed E-state index contributed by atoms with van der Waals surface area (Å²) in [7, 11) is 0. The topological polar surface area (TPSA) is 122 Å². The summed E-state index contributed by atoms with van der Waals surface area (Å²) < 4.78 is 26.2. The van der Waals surface area contributed by atoms with Crippen molar-refractivity contribution in [3.8, 4) is 0 Å². The molecule has 1 atom stereocenters. The quantitative estimate of drug-likeness (QED) is 0.621. The highest BCUT2D eigenvalue weighted by Crippen LogP contribution is 2.15. The van der Waals surface area contributed by atoms with E-state index in [1.54, 1.807) is 0 Å². The zero-order valence-electron chi connectivity index (χ0n) is 10.7. The number of carbonyl (C=O) groups is 3. The molecular weight excluding hydrogens is 288 g/mol. The summed E-state index contributed by atoms with van der Waals surface area (Å²) in [5.41, 5.74) is 4.44. The Morgan fingerprint density at radius 1 is 1.29 bits per heavy atom. The van der Waals surface area contributed by atoms with E-state index >= 15 is 0 Å². The van der Waals surface area contributed by atoms with E-state index in [2.05, 4.69) is 0 Å². The van der Waals surface area contributed by atoms with Crippen molar-refractivity contribution >= 4 is 23.6 Å². The molecule has 0 aromatic heterocycles. The van der Waals surface area contributed by atoms with Gasteiger partial charge < -0.3 is 21.5 Å². The first-order valence-electron chi connectivity index (χ1n) is 5.83. The van der Waals surface area contributed by atoms with Crippen molar-refractivity contribution in [2.75, 3.05) is 5.32 Å². The van der Waals surface area contributed by atoms with Crippen LogP contribution in [-0.4, -0.2) is 29.1 Å². The summed E-state index contributed by atoms with van der Waals surface area (Å²) in [6, 6.07) is -0.00271. The van der Waals surface area contributed by atoms with E-state index in [0.29, 0.717) is 0 Å². The van der Waals surface area contributed by atoms with Crippen LogP contribution in [0.25, 0.3) is 0 Å². The summed E-state index contributed by atoms with van der Waals surface area (Å²) in [5, 5.41) is 12.9. The van der Waals surface area contributed by atoms with E-state index in [-0.39, 0.29) is 12.8 Å². The molecule has 0 unspecified atom stereocenters. The van der Waals surface area contributed by atoms with Crippen molar-refractivity contribution in [1.82, 2.24) is 5.32 Å². The van der Waals surface area contributed by atoms with Crippen molar-refractivity contribution in [3.05, 3.63) is 29.8 Å². The molecule has 0 bridgehead atoms. The van der Waals surface area contributed by atoms with Gasteiger partial charge in [0.1, 0.15) is 17.7 Å². The maximum Gasteiger partial charge on any atom is 0.326 e. The molecule has 3 amide bonds. The zero-order chi connectivity index (χ0) is 16.0. The van der Waals surface area contributed by atoms with Gasteiger partial charge in [-0.05, 0) is 18.6 Å². The van der Waals surface area contributed by atoms with Crippen LogP contribution in [0.4, 0.5) is 19.3 Å². The number of anilines is 1. The number of carboxylic acid groups (broad SMARTS) is 1. The summed E-state index contributed by atoms with van der Waals surface area (Å²) >= 11 is 0. The normalized spacial score (nSPS) is 11.5. The van der Waals surface area contributed by atoms with Gasteiger partial charge in [-0.15, -0.1) is 0 Å². The molecule has 7 nitrogen and oxygen atoms in total. The van der Waals surface area contributed by atoms with Crippen LogP contribution in [-0.2, 0) is 9.59 Å². The predicted molar refractivity (Wildman–Crippen MR) is 68.4 cm³/mol. The lowest BCUT2D eigenvalue weighted by Gasteiger charge is -2.14. The van der Waals surface area contributed by atoms with Crippen LogP contribution in [0.1, 0.15) is 12.8 Å². The average Bonchev–Trinajstić information content (AvgIpc) is 2.38. The van der Waals surface area contributed by atoms with Crippen LogP contribution >= 0.6 is 0 Å². The number of primary amides is 1. The molecule has 9 heteroatoms. The fourth-order valence-corrected chi connectivity index (χ4v) is 1.45. The molecule has 21 heavy (non-hydrogen) atoms. The van der Waals surface area contributed by atoms with Gasteiger partial charge in [-0.1, -0.05) is 0 Å². The lowest BCUT2D eigenvalue weighted by molar-refractivity contribution is -0.139. The second-order valence-electron chi connectivity index (χ2n) is 4.12. The minimum Gasteiger partial charge on any atom is -0.480 e. The predicted octanol–water partition coefficient (Wildman–Crippen LogP) is 0.805. The molecule has 1 aromatic carbocycles. The number of nitrogens with two attached hydrogens (primary N) is 1. The van der Waals surface area contributed by atoms with E-state index in [9.17, 15) is 23.2 Å². The maximum absolute atomic E-state index is 13.3. The van der Waals surface area contributed by atoms with E-state index < -0.39 is 41.3 Å². The average molecular weight is 301 g/mol. The highest BCUT2D eigenvalue weighted by Gasteiger charge is 2.21. The van der Waals surface area contributed by atoms with Gasteiger partial charge in [-0.2, -0.15) is 0 Å². The smallest absolute Gasteiger partial charge is 0.326 e. The number of rotatable bonds is 6. The number of urea groups is 1. The number of carboxylic acids is 1. The van der Waals surface area contributed by atoms with Crippen LogP contribution < -0.4 is 16.4 Å². The second-order valence-corrected chi connectivity index (χ2v) is 4.12. The van der Waals surface area contributed by atoms with Crippen LogP contribution in [0.2, 0.25) is 0 Å². The molecule has 0 spiro atoms. The Morgan fingerprint density at radius 3 is 2.52 bits per heavy atom. The third-order valence-electron chi connectivity index (χ3n) is 2.46. The molecule has 0 heterocycles. The Bertz CT molecular complexity index is 565. The number of nitrogens with one attached hydrogen (secondary N) is 2. The molecule has 0 aliphatic rings.